The second-order valence-electron chi connectivity index (χ2n) is 7.99. The number of benzene rings is 1. The number of piperidine rings is 1. The van der Waals surface area contributed by atoms with Crippen LogP contribution in [0.4, 0.5) is 11.4 Å². The van der Waals surface area contributed by atoms with Crippen LogP contribution in [0.15, 0.2) is 18.2 Å². The van der Waals surface area contributed by atoms with Crippen LogP contribution in [0.25, 0.3) is 0 Å². The van der Waals surface area contributed by atoms with E-state index in [1.807, 2.05) is 4.90 Å². The van der Waals surface area contributed by atoms with Gasteiger partial charge in [-0.05, 0) is 44.9 Å². The van der Waals surface area contributed by atoms with Crippen molar-refractivity contribution in [1.82, 2.24) is 10.2 Å². The molecular formula is C22H34N4O5. The smallest absolute Gasteiger partial charge is 0.296 e. The zero-order chi connectivity index (χ0) is 22.8. The molecular weight excluding hydrogens is 400 g/mol. The number of likely N-dealkylation sites (tertiary alicyclic amines) is 1. The summed E-state index contributed by atoms with van der Waals surface area (Å²) in [6.07, 6.45) is 6.05. The Kier molecular flexibility index (Phi) is 9.71. The molecule has 1 heterocycles. The van der Waals surface area contributed by atoms with E-state index >= 15 is 0 Å². The normalized spacial score (nSPS) is 17.6. The number of ether oxygens (including phenoxy) is 1. The van der Waals surface area contributed by atoms with Crippen molar-refractivity contribution in [1.29, 1.82) is 0 Å². The van der Waals surface area contributed by atoms with Gasteiger partial charge in [0.1, 0.15) is 11.4 Å². The molecule has 0 saturated carbocycles. The monoisotopic (exact) mass is 434 g/mol. The van der Waals surface area contributed by atoms with Crippen molar-refractivity contribution < 1.29 is 19.2 Å². The highest BCUT2D eigenvalue weighted by molar-refractivity contribution is 5.96. The highest BCUT2D eigenvalue weighted by Crippen LogP contribution is 2.29. The van der Waals surface area contributed by atoms with Crippen molar-refractivity contribution in [3.8, 4) is 5.75 Å². The van der Waals surface area contributed by atoms with Gasteiger partial charge in [0.2, 0.25) is 11.8 Å². The lowest BCUT2D eigenvalue weighted by Crippen LogP contribution is -2.50. The summed E-state index contributed by atoms with van der Waals surface area (Å²) in [7, 11) is 1.42. The number of nitro groups is 1. The lowest BCUT2D eigenvalue weighted by molar-refractivity contribution is -0.384. The van der Waals surface area contributed by atoms with Gasteiger partial charge >= 0.3 is 0 Å². The van der Waals surface area contributed by atoms with Gasteiger partial charge in [-0.25, -0.2) is 0 Å². The van der Waals surface area contributed by atoms with Crippen LogP contribution in [0.3, 0.4) is 0 Å². The van der Waals surface area contributed by atoms with E-state index in [0.717, 1.165) is 32.1 Å². The van der Waals surface area contributed by atoms with Crippen molar-refractivity contribution in [2.75, 3.05) is 32.1 Å². The summed E-state index contributed by atoms with van der Waals surface area (Å²) in [5, 5.41) is 17.0. The molecule has 2 atom stereocenters. The van der Waals surface area contributed by atoms with Gasteiger partial charge < -0.3 is 15.4 Å². The number of unbranched alkanes of at least 4 members (excludes halogenated alkanes) is 3. The number of carbonyl (C=O) groups excluding carboxylic acids is 2. The number of carbonyl (C=O) groups is 2. The van der Waals surface area contributed by atoms with E-state index in [1.165, 1.54) is 25.7 Å². The van der Waals surface area contributed by atoms with Gasteiger partial charge in [0.15, 0.2) is 0 Å². The summed E-state index contributed by atoms with van der Waals surface area (Å²) in [5.74, 6) is -0.101. The third-order valence-electron chi connectivity index (χ3n) is 5.74. The molecule has 2 unspecified atom stereocenters. The van der Waals surface area contributed by atoms with Crippen molar-refractivity contribution in [2.24, 2.45) is 5.92 Å². The van der Waals surface area contributed by atoms with Crippen molar-refractivity contribution in [3.63, 3.8) is 0 Å². The van der Waals surface area contributed by atoms with Gasteiger partial charge in [-0.15, -0.1) is 0 Å². The summed E-state index contributed by atoms with van der Waals surface area (Å²) >= 11 is 0. The number of amides is 2. The molecule has 1 aromatic carbocycles. The summed E-state index contributed by atoms with van der Waals surface area (Å²) in [6.45, 7) is 5.81. The number of nitro benzene ring substituents is 1. The van der Waals surface area contributed by atoms with Crippen LogP contribution >= 0.6 is 0 Å². The van der Waals surface area contributed by atoms with Crippen LogP contribution in [-0.2, 0) is 9.59 Å². The van der Waals surface area contributed by atoms with Gasteiger partial charge in [-0.3, -0.25) is 24.6 Å². The molecule has 1 aromatic rings. The van der Waals surface area contributed by atoms with Crippen molar-refractivity contribution >= 4 is 23.2 Å². The maximum Gasteiger partial charge on any atom is 0.296 e. The predicted octanol–water partition coefficient (Wildman–Crippen LogP) is 3.34. The first kappa shape index (κ1) is 24.6. The minimum Gasteiger partial charge on any atom is -0.496 e. The minimum absolute atomic E-state index is 0.0413. The van der Waals surface area contributed by atoms with Crippen molar-refractivity contribution in [2.45, 2.75) is 58.4 Å². The minimum atomic E-state index is -0.551. The maximum absolute atomic E-state index is 12.8. The Balaban J connectivity index is 1.93. The fraction of sp³-hybridized carbons (Fsp3) is 0.636. The maximum atomic E-state index is 12.8. The Morgan fingerprint density at radius 1 is 1.32 bits per heavy atom. The average Bonchev–Trinajstić information content (AvgIpc) is 2.78. The van der Waals surface area contributed by atoms with Crippen LogP contribution in [0.1, 0.15) is 52.4 Å². The first-order valence-electron chi connectivity index (χ1n) is 11.0. The van der Waals surface area contributed by atoms with E-state index in [9.17, 15) is 19.7 Å². The fourth-order valence-electron chi connectivity index (χ4n) is 3.78. The first-order chi connectivity index (χ1) is 14.9. The average molecular weight is 435 g/mol. The molecule has 0 bridgehead atoms. The fourth-order valence-corrected chi connectivity index (χ4v) is 3.78. The largest absolute Gasteiger partial charge is 0.496 e. The number of nitrogens with zero attached hydrogens (tertiary/aromatic N) is 2. The van der Waals surface area contributed by atoms with Crippen LogP contribution in [-0.4, -0.2) is 54.4 Å². The molecule has 2 amide bonds. The van der Waals surface area contributed by atoms with Crippen LogP contribution in [0, 0.1) is 16.0 Å². The van der Waals surface area contributed by atoms with Crippen LogP contribution in [0.2, 0.25) is 0 Å². The van der Waals surface area contributed by atoms with Gasteiger partial charge in [-0.2, -0.15) is 0 Å². The molecule has 0 radical (unpaired) electrons. The Bertz CT molecular complexity index is 770. The Labute approximate surface area is 183 Å². The summed E-state index contributed by atoms with van der Waals surface area (Å²) in [4.78, 5) is 38.1. The van der Waals surface area contributed by atoms with E-state index in [2.05, 4.69) is 17.6 Å². The van der Waals surface area contributed by atoms with Gasteiger partial charge in [-0.1, -0.05) is 26.2 Å². The molecule has 0 aliphatic carbocycles. The summed E-state index contributed by atoms with van der Waals surface area (Å²) in [5.41, 5.74) is -0.0973. The quantitative estimate of drug-likeness (QED) is 0.314. The number of hydrogen-bond acceptors (Lipinski definition) is 6. The van der Waals surface area contributed by atoms with Gasteiger partial charge in [0.05, 0.1) is 30.1 Å². The molecule has 0 spiro atoms. The number of methoxy groups -OCH3 is 1. The first-order valence-corrected chi connectivity index (χ1v) is 11.0. The molecule has 1 fully saturated rings. The van der Waals surface area contributed by atoms with E-state index < -0.39 is 11.0 Å². The van der Waals surface area contributed by atoms with E-state index in [0.29, 0.717) is 25.4 Å². The molecule has 1 aliphatic rings. The van der Waals surface area contributed by atoms with E-state index in [-0.39, 0.29) is 29.1 Å². The lowest BCUT2D eigenvalue weighted by Gasteiger charge is -2.35. The van der Waals surface area contributed by atoms with Crippen molar-refractivity contribution in [3.05, 3.63) is 28.3 Å². The zero-order valence-corrected chi connectivity index (χ0v) is 18.7. The second kappa shape index (κ2) is 12.2. The number of hydrogen-bond donors (Lipinski definition) is 2. The zero-order valence-electron chi connectivity index (χ0n) is 18.7. The van der Waals surface area contributed by atoms with Gasteiger partial charge in [0.25, 0.3) is 5.69 Å². The molecule has 0 aromatic heterocycles. The molecule has 9 heteroatoms. The molecule has 2 rings (SSSR count). The van der Waals surface area contributed by atoms with E-state index in [4.69, 9.17) is 4.74 Å². The lowest BCUT2D eigenvalue weighted by atomic mass is 9.95. The van der Waals surface area contributed by atoms with Crippen LogP contribution in [0.5, 0.6) is 5.75 Å². The molecule has 1 saturated heterocycles. The topological polar surface area (TPSA) is 114 Å². The third kappa shape index (κ3) is 7.20. The number of anilines is 1. The summed E-state index contributed by atoms with van der Waals surface area (Å²) < 4.78 is 5.03. The SMILES string of the molecule is CCCCCCNC(=O)C1CCCN(C(C)C(=O)Nc2ccc(OC)cc2[N+](=O)[O-])C1. The molecule has 172 valence electrons. The highest BCUT2D eigenvalue weighted by atomic mass is 16.6. The molecule has 31 heavy (non-hydrogen) atoms. The third-order valence-corrected chi connectivity index (χ3v) is 5.74. The highest BCUT2D eigenvalue weighted by Gasteiger charge is 2.31. The molecule has 2 N–H and O–H groups in total. The molecule has 9 nitrogen and oxygen atoms in total. The number of nitrogens with one attached hydrogen (secondary N) is 2. The standard InChI is InChI=1S/C22H34N4O5/c1-4-5-6-7-12-23-22(28)17-9-8-13-25(15-17)16(2)21(27)24-19-11-10-18(31-3)14-20(19)26(29)30/h10-11,14,16-17H,4-9,12-13,15H2,1-3H3,(H,23,28)(H,24,27). The second-order valence-corrected chi connectivity index (χ2v) is 7.99. The Morgan fingerprint density at radius 2 is 2.10 bits per heavy atom. The van der Waals surface area contributed by atoms with E-state index in [1.54, 1.807) is 13.0 Å². The predicted molar refractivity (Wildman–Crippen MR) is 119 cm³/mol. The number of rotatable bonds is 11. The summed E-state index contributed by atoms with van der Waals surface area (Å²) in [6, 6.07) is 3.80. The van der Waals surface area contributed by atoms with Crippen LogP contribution < -0.4 is 15.4 Å². The molecule has 1 aliphatic heterocycles. The van der Waals surface area contributed by atoms with Gasteiger partial charge in [0, 0.05) is 13.1 Å². The Morgan fingerprint density at radius 3 is 2.77 bits per heavy atom. The Hall–Kier alpha value is -2.68.